The third-order valence-electron chi connectivity index (χ3n) is 3.71. The van der Waals surface area contributed by atoms with Crippen LogP contribution in [0.5, 0.6) is 0 Å². The lowest BCUT2D eigenvalue weighted by Gasteiger charge is -2.37. The molecule has 0 amide bonds. The van der Waals surface area contributed by atoms with Gasteiger partial charge in [0.1, 0.15) is 0 Å². The quantitative estimate of drug-likeness (QED) is 0.783. The topological polar surface area (TPSA) is 29.5 Å². The molecule has 0 bridgehead atoms. The summed E-state index contributed by atoms with van der Waals surface area (Å²) in [5.74, 6) is 1.74. The van der Waals surface area contributed by atoms with Crippen molar-refractivity contribution in [3.8, 4) is 0 Å². The highest BCUT2D eigenvalue weighted by molar-refractivity contribution is 4.83. The highest BCUT2D eigenvalue weighted by Gasteiger charge is 2.33. The second-order valence-electron chi connectivity index (χ2n) is 5.81. The molecule has 2 nitrogen and oxygen atoms in total. The van der Waals surface area contributed by atoms with E-state index in [4.69, 9.17) is 4.74 Å². The van der Waals surface area contributed by atoms with Crippen molar-refractivity contribution in [2.75, 3.05) is 6.61 Å². The lowest BCUT2D eigenvalue weighted by Crippen LogP contribution is -2.41. The average molecular weight is 228 g/mol. The van der Waals surface area contributed by atoms with Crippen LogP contribution in [0.15, 0.2) is 0 Å². The van der Waals surface area contributed by atoms with E-state index in [1.165, 1.54) is 19.3 Å². The second-order valence-corrected chi connectivity index (χ2v) is 5.81. The van der Waals surface area contributed by atoms with Crippen molar-refractivity contribution < 1.29 is 9.84 Å². The molecule has 0 saturated heterocycles. The molecule has 0 spiro atoms. The van der Waals surface area contributed by atoms with Gasteiger partial charge in [-0.15, -0.1) is 0 Å². The van der Waals surface area contributed by atoms with Gasteiger partial charge in [0.15, 0.2) is 0 Å². The SMILES string of the molecule is CCCC(C)COC1C(C)CC(C)CC1O. The van der Waals surface area contributed by atoms with Crippen molar-refractivity contribution in [1.29, 1.82) is 0 Å². The first kappa shape index (κ1) is 14.0. The zero-order chi connectivity index (χ0) is 12.1. The first-order chi connectivity index (χ1) is 7.54. The third-order valence-corrected chi connectivity index (χ3v) is 3.71. The predicted molar refractivity (Wildman–Crippen MR) is 67.4 cm³/mol. The van der Waals surface area contributed by atoms with Gasteiger partial charge in [-0.1, -0.05) is 34.1 Å². The van der Waals surface area contributed by atoms with Crippen LogP contribution in [-0.4, -0.2) is 23.9 Å². The van der Waals surface area contributed by atoms with Crippen LogP contribution >= 0.6 is 0 Å². The van der Waals surface area contributed by atoms with E-state index in [0.717, 1.165) is 13.0 Å². The molecular formula is C14H28O2. The van der Waals surface area contributed by atoms with E-state index in [0.29, 0.717) is 17.8 Å². The molecule has 2 heteroatoms. The average Bonchev–Trinajstić information content (AvgIpc) is 2.16. The van der Waals surface area contributed by atoms with E-state index in [2.05, 4.69) is 27.7 Å². The number of hydrogen-bond donors (Lipinski definition) is 1. The summed E-state index contributed by atoms with van der Waals surface area (Å²) in [6, 6.07) is 0. The van der Waals surface area contributed by atoms with Gasteiger partial charge in [-0.05, 0) is 37.0 Å². The maximum absolute atomic E-state index is 10.0. The number of rotatable bonds is 5. The molecule has 96 valence electrons. The van der Waals surface area contributed by atoms with Gasteiger partial charge in [0.2, 0.25) is 0 Å². The normalized spacial score (nSPS) is 37.3. The molecule has 0 aromatic carbocycles. The fourth-order valence-electron chi connectivity index (χ4n) is 2.92. The summed E-state index contributed by atoms with van der Waals surface area (Å²) in [4.78, 5) is 0. The largest absolute Gasteiger partial charge is 0.390 e. The highest BCUT2D eigenvalue weighted by Crippen LogP contribution is 2.31. The first-order valence-corrected chi connectivity index (χ1v) is 6.84. The predicted octanol–water partition coefficient (Wildman–Crippen LogP) is 3.23. The van der Waals surface area contributed by atoms with Crippen LogP contribution in [0.2, 0.25) is 0 Å². The monoisotopic (exact) mass is 228 g/mol. The van der Waals surface area contributed by atoms with Crippen LogP contribution in [0, 0.1) is 17.8 Å². The van der Waals surface area contributed by atoms with Gasteiger partial charge < -0.3 is 9.84 Å². The smallest absolute Gasteiger partial charge is 0.0859 e. The summed E-state index contributed by atoms with van der Waals surface area (Å²) in [5.41, 5.74) is 0. The van der Waals surface area contributed by atoms with Gasteiger partial charge in [0.25, 0.3) is 0 Å². The van der Waals surface area contributed by atoms with Crippen LogP contribution in [0.25, 0.3) is 0 Å². The number of aliphatic hydroxyl groups is 1. The molecule has 1 rings (SSSR count). The van der Waals surface area contributed by atoms with E-state index in [1.807, 2.05) is 0 Å². The van der Waals surface area contributed by atoms with E-state index in [-0.39, 0.29) is 12.2 Å². The molecule has 5 atom stereocenters. The van der Waals surface area contributed by atoms with Gasteiger partial charge in [-0.25, -0.2) is 0 Å². The van der Waals surface area contributed by atoms with Crippen LogP contribution in [0.4, 0.5) is 0 Å². The van der Waals surface area contributed by atoms with E-state index in [9.17, 15) is 5.11 Å². The van der Waals surface area contributed by atoms with Gasteiger partial charge >= 0.3 is 0 Å². The molecular weight excluding hydrogens is 200 g/mol. The molecule has 1 saturated carbocycles. The zero-order valence-electron chi connectivity index (χ0n) is 11.3. The summed E-state index contributed by atoms with van der Waals surface area (Å²) in [6.45, 7) is 9.65. The van der Waals surface area contributed by atoms with Gasteiger partial charge in [-0.3, -0.25) is 0 Å². The second kappa shape index (κ2) is 6.61. The van der Waals surface area contributed by atoms with Crippen molar-refractivity contribution in [3.05, 3.63) is 0 Å². The summed E-state index contributed by atoms with van der Waals surface area (Å²) in [5, 5.41) is 10.0. The summed E-state index contributed by atoms with van der Waals surface area (Å²) >= 11 is 0. The fourth-order valence-corrected chi connectivity index (χ4v) is 2.92. The Kier molecular flexibility index (Phi) is 5.77. The lowest BCUT2D eigenvalue weighted by atomic mass is 9.79. The molecule has 1 fully saturated rings. The molecule has 0 heterocycles. The van der Waals surface area contributed by atoms with Gasteiger partial charge in [0.05, 0.1) is 12.2 Å². The molecule has 1 N–H and O–H groups in total. The van der Waals surface area contributed by atoms with E-state index >= 15 is 0 Å². The Hall–Kier alpha value is -0.0800. The minimum absolute atomic E-state index is 0.0653. The minimum Gasteiger partial charge on any atom is -0.390 e. The molecule has 0 aliphatic heterocycles. The first-order valence-electron chi connectivity index (χ1n) is 6.84. The molecule has 1 aliphatic carbocycles. The van der Waals surface area contributed by atoms with Crippen molar-refractivity contribution in [2.45, 2.75) is 65.6 Å². The van der Waals surface area contributed by atoms with Crippen molar-refractivity contribution in [3.63, 3.8) is 0 Å². The Balaban J connectivity index is 2.34. The maximum atomic E-state index is 10.0. The van der Waals surface area contributed by atoms with Gasteiger partial charge in [0, 0.05) is 6.61 Å². The molecule has 16 heavy (non-hydrogen) atoms. The molecule has 1 aliphatic rings. The van der Waals surface area contributed by atoms with Gasteiger partial charge in [-0.2, -0.15) is 0 Å². The zero-order valence-corrected chi connectivity index (χ0v) is 11.3. The van der Waals surface area contributed by atoms with E-state index < -0.39 is 0 Å². The number of ether oxygens (including phenoxy) is 1. The van der Waals surface area contributed by atoms with Crippen molar-refractivity contribution in [1.82, 2.24) is 0 Å². The minimum atomic E-state index is -0.257. The number of hydrogen-bond acceptors (Lipinski definition) is 2. The Morgan fingerprint density at radius 2 is 2.00 bits per heavy atom. The Morgan fingerprint density at radius 3 is 2.56 bits per heavy atom. The van der Waals surface area contributed by atoms with Crippen LogP contribution in [0.3, 0.4) is 0 Å². The molecule has 0 radical (unpaired) electrons. The highest BCUT2D eigenvalue weighted by atomic mass is 16.5. The van der Waals surface area contributed by atoms with Crippen LogP contribution < -0.4 is 0 Å². The van der Waals surface area contributed by atoms with Crippen molar-refractivity contribution in [2.24, 2.45) is 17.8 Å². The summed E-state index contributed by atoms with van der Waals surface area (Å²) < 4.78 is 5.92. The Morgan fingerprint density at radius 1 is 1.31 bits per heavy atom. The fraction of sp³-hybridized carbons (Fsp3) is 1.00. The summed E-state index contributed by atoms with van der Waals surface area (Å²) in [6.07, 6.45) is 4.32. The maximum Gasteiger partial charge on any atom is 0.0859 e. The number of aliphatic hydroxyl groups excluding tert-OH is 1. The Labute approximate surface area is 100 Å². The van der Waals surface area contributed by atoms with E-state index in [1.54, 1.807) is 0 Å². The molecule has 0 aromatic rings. The lowest BCUT2D eigenvalue weighted by molar-refractivity contribution is -0.103. The molecule has 0 aromatic heterocycles. The molecule has 5 unspecified atom stereocenters. The van der Waals surface area contributed by atoms with Crippen LogP contribution in [0.1, 0.15) is 53.4 Å². The summed E-state index contributed by atoms with van der Waals surface area (Å²) in [7, 11) is 0. The van der Waals surface area contributed by atoms with Crippen LogP contribution in [-0.2, 0) is 4.74 Å². The third kappa shape index (κ3) is 4.06. The Bertz CT molecular complexity index is 181. The standard InChI is InChI=1S/C14H28O2/c1-5-6-10(2)9-16-14-12(4)7-11(3)8-13(14)15/h10-15H,5-9H2,1-4H3. The van der Waals surface area contributed by atoms with Crippen molar-refractivity contribution >= 4 is 0 Å².